The molecule has 0 spiro atoms. The van der Waals surface area contributed by atoms with Crippen LogP contribution in [0.15, 0.2) is 27.6 Å². The molecule has 0 aliphatic carbocycles. The largest absolute Gasteiger partial charge is 0.465 e. The Morgan fingerprint density at radius 3 is 2.94 bits per heavy atom. The van der Waals surface area contributed by atoms with Crippen LogP contribution in [0.4, 0.5) is 0 Å². The van der Waals surface area contributed by atoms with Gasteiger partial charge in [-0.3, -0.25) is 4.90 Å². The Balaban J connectivity index is 2.16. The van der Waals surface area contributed by atoms with Crippen molar-refractivity contribution >= 4 is 15.9 Å². The summed E-state index contributed by atoms with van der Waals surface area (Å²) in [6.45, 7) is 8.01. The number of rotatable bonds is 3. The highest BCUT2D eigenvalue weighted by Gasteiger charge is 2.24. The van der Waals surface area contributed by atoms with E-state index in [1.54, 1.807) is 0 Å². The monoisotopic (exact) mass is 297 g/mol. The van der Waals surface area contributed by atoms with E-state index < -0.39 is 0 Å². The number of halogens is 1. The van der Waals surface area contributed by atoms with E-state index in [0.717, 1.165) is 29.1 Å². The normalized spacial score (nSPS) is 22.4. The average Bonchev–Trinajstić information content (AvgIpc) is 2.56. The van der Waals surface area contributed by atoms with Crippen molar-refractivity contribution in [2.75, 3.05) is 13.1 Å². The summed E-state index contributed by atoms with van der Waals surface area (Å²) in [5.41, 5.74) is 0. The van der Waals surface area contributed by atoms with Crippen LogP contribution in [0.5, 0.6) is 0 Å². The zero-order valence-electron chi connectivity index (χ0n) is 10.4. The first kappa shape index (κ1) is 12.9. The van der Waals surface area contributed by atoms with E-state index in [4.69, 9.17) is 4.42 Å². The molecule has 1 aromatic rings. The lowest BCUT2D eigenvalue weighted by atomic mass is 10.1. The summed E-state index contributed by atoms with van der Waals surface area (Å²) in [5, 5.41) is 0. The molecule has 0 aromatic carbocycles. The Labute approximate surface area is 112 Å². The van der Waals surface area contributed by atoms with Crippen LogP contribution in [-0.4, -0.2) is 18.0 Å². The molecule has 0 bridgehead atoms. The highest BCUT2D eigenvalue weighted by atomic mass is 79.9. The van der Waals surface area contributed by atoms with Gasteiger partial charge in [-0.25, -0.2) is 0 Å². The number of furan rings is 1. The number of hydrogen-bond acceptors (Lipinski definition) is 2. The summed E-state index contributed by atoms with van der Waals surface area (Å²) in [4.78, 5) is 2.47. The molecular formula is C14H20BrNO. The van der Waals surface area contributed by atoms with Crippen molar-refractivity contribution in [3.05, 3.63) is 34.7 Å². The number of likely N-dealkylation sites (tertiary alicyclic amines) is 1. The number of hydrogen-bond donors (Lipinski definition) is 0. The second-order valence-electron chi connectivity index (χ2n) is 4.80. The van der Waals surface area contributed by atoms with E-state index in [9.17, 15) is 0 Å². The van der Waals surface area contributed by atoms with Crippen molar-refractivity contribution in [1.82, 2.24) is 4.90 Å². The maximum Gasteiger partial charge on any atom is 0.121 e. The van der Waals surface area contributed by atoms with Gasteiger partial charge in [0, 0.05) is 11.0 Å². The Bertz CT molecular complexity index is 385. The van der Waals surface area contributed by atoms with Crippen LogP contribution in [0, 0.1) is 6.92 Å². The summed E-state index contributed by atoms with van der Waals surface area (Å²) in [6.07, 6.45) is 5.07. The number of nitrogens with zero attached hydrogens (tertiary/aromatic N) is 1. The molecular weight excluding hydrogens is 278 g/mol. The second-order valence-corrected chi connectivity index (χ2v) is 5.92. The van der Waals surface area contributed by atoms with Gasteiger partial charge in [-0.2, -0.15) is 0 Å². The minimum atomic E-state index is 0.417. The van der Waals surface area contributed by atoms with Crippen molar-refractivity contribution in [3.8, 4) is 0 Å². The maximum atomic E-state index is 5.80. The van der Waals surface area contributed by atoms with Crippen LogP contribution in [0.25, 0.3) is 0 Å². The SMILES string of the molecule is C=C(Br)CN1CCCCCC1c1ccc(C)o1. The molecule has 94 valence electrons. The molecule has 1 aromatic heterocycles. The predicted octanol–water partition coefficient (Wildman–Crippen LogP) is 4.41. The van der Waals surface area contributed by atoms with Gasteiger partial charge in [0.05, 0.1) is 6.04 Å². The molecule has 1 aliphatic rings. The third-order valence-electron chi connectivity index (χ3n) is 3.33. The minimum absolute atomic E-state index is 0.417. The van der Waals surface area contributed by atoms with E-state index in [1.807, 2.05) is 6.92 Å². The molecule has 2 heterocycles. The molecule has 1 unspecified atom stereocenters. The Kier molecular flexibility index (Phi) is 4.46. The van der Waals surface area contributed by atoms with Gasteiger partial charge in [0.2, 0.25) is 0 Å². The average molecular weight is 298 g/mol. The van der Waals surface area contributed by atoms with Crippen LogP contribution in [0.2, 0.25) is 0 Å². The third-order valence-corrected chi connectivity index (χ3v) is 3.58. The van der Waals surface area contributed by atoms with E-state index in [1.165, 1.54) is 25.7 Å². The number of aryl methyl sites for hydroxylation is 1. The molecule has 0 saturated carbocycles. The molecule has 1 fully saturated rings. The summed E-state index contributed by atoms with van der Waals surface area (Å²) in [5.74, 6) is 2.11. The van der Waals surface area contributed by atoms with Crippen molar-refractivity contribution in [3.63, 3.8) is 0 Å². The van der Waals surface area contributed by atoms with Gasteiger partial charge in [0.25, 0.3) is 0 Å². The fraction of sp³-hybridized carbons (Fsp3) is 0.571. The van der Waals surface area contributed by atoms with Gasteiger partial charge in [0.15, 0.2) is 0 Å². The van der Waals surface area contributed by atoms with Crippen molar-refractivity contribution in [2.24, 2.45) is 0 Å². The van der Waals surface area contributed by atoms with Gasteiger partial charge in [-0.15, -0.1) is 0 Å². The first-order chi connectivity index (χ1) is 8.16. The molecule has 1 saturated heterocycles. The smallest absolute Gasteiger partial charge is 0.121 e. The summed E-state index contributed by atoms with van der Waals surface area (Å²) < 4.78 is 6.85. The van der Waals surface area contributed by atoms with Gasteiger partial charge >= 0.3 is 0 Å². The van der Waals surface area contributed by atoms with E-state index in [2.05, 4.69) is 39.5 Å². The lowest BCUT2D eigenvalue weighted by Crippen LogP contribution is -2.29. The van der Waals surface area contributed by atoms with Crippen LogP contribution < -0.4 is 0 Å². The van der Waals surface area contributed by atoms with Crippen LogP contribution in [-0.2, 0) is 0 Å². The van der Waals surface area contributed by atoms with Gasteiger partial charge < -0.3 is 4.42 Å². The lowest BCUT2D eigenvalue weighted by molar-refractivity contribution is 0.194. The standard InChI is InChI=1S/C14H20BrNO/c1-11(15)10-16-9-5-3-4-6-13(16)14-8-7-12(2)17-14/h7-8,13H,1,3-6,9-10H2,2H3. The zero-order chi connectivity index (χ0) is 12.3. The van der Waals surface area contributed by atoms with Crippen molar-refractivity contribution in [1.29, 1.82) is 0 Å². The quantitative estimate of drug-likeness (QED) is 0.821. The van der Waals surface area contributed by atoms with Gasteiger partial charge in [0.1, 0.15) is 11.5 Å². The highest BCUT2D eigenvalue weighted by Crippen LogP contribution is 2.31. The van der Waals surface area contributed by atoms with E-state index in [0.29, 0.717) is 6.04 Å². The minimum Gasteiger partial charge on any atom is -0.465 e. The Hall–Kier alpha value is -0.540. The summed E-state index contributed by atoms with van der Waals surface area (Å²) in [6, 6.07) is 4.59. The molecule has 2 rings (SSSR count). The van der Waals surface area contributed by atoms with Crippen LogP contribution >= 0.6 is 15.9 Å². The van der Waals surface area contributed by atoms with E-state index >= 15 is 0 Å². The zero-order valence-corrected chi connectivity index (χ0v) is 12.0. The van der Waals surface area contributed by atoms with Gasteiger partial charge in [-0.1, -0.05) is 35.4 Å². The molecule has 1 atom stereocenters. The summed E-state index contributed by atoms with van der Waals surface area (Å²) in [7, 11) is 0. The lowest BCUT2D eigenvalue weighted by Gasteiger charge is -2.28. The molecule has 3 heteroatoms. The molecule has 0 radical (unpaired) electrons. The third kappa shape index (κ3) is 3.46. The van der Waals surface area contributed by atoms with Crippen molar-refractivity contribution in [2.45, 2.75) is 38.6 Å². The fourth-order valence-corrected chi connectivity index (χ4v) is 2.85. The van der Waals surface area contributed by atoms with Crippen LogP contribution in [0.3, 0.4) is 0 Å². The molecule has 2 nitrogen and oxygen atoms in total. The Morgan fingerprint density at radius 2 is 2.29 bits per heavy atom. The van der Waals surface area contributed by atoms with Gasteiger partial charge in [-0.05, 0) is 38.4 Å². The fourth-order valence-electron chi connectivity index (χ4n) is 2.53. The summed E-state index contributed by atoms with van der Waals surface area (Å²) >= 11 is 3.47. The second kappa shape index (κ2) is 5.87. The molecule has 0 N–H and O–H groups in total. The topological polar surface area (TPSA) is 16.4 Å². The predicted molar refractivity (Wildman–Crippen MR) is 74.3 cm³/mol. The molecule has 1 aliphatic heterocycles. The van der Waals surface area contributed by atoms with Crippen molar-refractivity contribution < 1.29 is 4.42 Å². The van der Waals surface area contributed by atoms with E-state index in [-0.39, 0.29) is 0 Å². The highest BCUT2D eigenvalue weighted by molar-refractivity contribution is 9.11. The molecule has 0 amide bonds. The molecule has 17 heavy (non-hydrogen) atoms. The maximum absolute atomic E-state index is 5.80. The first-order valence-electron chi connectivity index (χ1n) is 6.30. The Morgan fingerprint density at radius 1 is 1.47 bits per heavy atom. The van der Waals surface area contributed by atoms with Crippen LogP contribution in [0.1, 0.15) is 43.2 Å². The first-order valence-corrected chi connectivity index (χ1v) is 7.10.